The van der Waals surface area contributed by atoms with Gasteiger partial charge < -0.3 is 15.5 Å². The molecule has 0 saturated carbocycles. The molecule has 1 fully saturated rings. The van der Waals surface area contributed by atoms with Gasteiger partial charge in [0.1, 0.15) is 5.15 Å². The molecule has 1 aromatic heterocycles. The van der Waals surface area contributed by atoms with Crippen molar-refractivity contribution in [3.63, 3.8) is 0 Å². The maximum absolute atomic E-state index is 9.55. The molecule has 27 heavy (non-hydrogen) atoms. The van der Waals surface area contributed by atoms with E-state index in [9.17, 15) is 9.59 Å². The van der Waals surface area contributed by atoms with Crippen LogP contribution in [-0.4, -0.2) is 57.7 Å². The smallest absolute Gasteiger partial charge is 0.328 e. The van der Waals surface area contributed by atoms with Crippen LogP contribution in [0.2, 0.25) is 9.62 Å². The van der Waals surface area contributed by atoms with Crippen LogP contribution in [0.25, 0.3) is 0 Å². The summed E-state index contributed by atoms with van der Waals surface area (Å²) < 4.78 is 0.537. The number of carbonyl (C=O) groups is 2. The number of aromatic nitrogens is 1. The Morgan fingerprint density at radius 2 is 1.81 bits per heavy atom. The molecule has 1 saturated heterocycles. The summed E-state index contributed by atoms with van der Waals surface area (Å²) in [6, 6.07) is 0.639. The van der Waals surface area contributed by atoms with E-state index >= 15 is 0 Å². The van der Waals surface area contributed by atoms with Gasteiger partial charge in [-0.15, -0.1) is 11.3 Å². The molecule has 0 amide bonds. The zero-order chi connectivity index (χ0) is 20.4. The lowest BCUT2D eigenvalue weighted by atomic mass is 10.0. The van der Waals surface area contributed by atoms with Gasteiger partial charge in [0, 0.05) is 31.3 Å². The van der Waals surface area contributed by atoms with Gasteiger partial charge >= 0.3 is 11.9 Å². The van der Waals surface area contributed by atoms with Gasteiger partial charge in [0.05, 0.1) is 4.88 Å². The van der Waals surface area contributed by atoms with Crippen molar-refractivity contribution >= 4 is 46.5 Å². The molecule has 0 aromatic carbocycles. The monoisotopic (exact) mass is 437 g/mol. The maximum atomic E-state index is 9.55. The van der Waals surface area contributed by atoms with E-state index in [2.05, 4.69) is 29.0 Å². The third kappa shape index (κ3) is 10.1. The summed E-state index contributed by atoms with van der Waals surface area (Å²) in [6.07, 6.45) is 3.53. The Balaban J connectivity index is 0.000000387. The molecule has 2 rings (SSSR count). The number of aliphatic carboxylic acids is 2. The Morgan fingerprint density at radius 1 is 1.26 bits per heavy atom. The zero-order valence-electron chi connectivity index (χ0n) is 15.3. The fourth-order valence-corrected chi connectivity index (χ4v) is 4.13. The largest absolute Gasteiger partial charge is 0.478 e. The summed E-state index contributed by atoms with van der Waals surface area (Å²) >= 11 is 13.6. The second-order valence-corrected chi connectivity index (χ2v) is 8.52. The lowest BCUT2D eigenvalue weighted by Crippen LogP contribution is -2.44. The highest BCUT2D eigenvalue weighted by Gasteiger charge is 2.23. The Bertz CT molecular complexity index is 630. The highest BCUT2D eigenvalue weighted by molar-refractivity contribution is 7.16. The van der Waals surface area contributed by atoms with E-state index in [1.54, 1.807) is 0 Å². The fraction of sp³-hybridized carbons (Fsp3) is 0.588. The molecule has 1 aliphatic rings. The molecular formula is C17H25Cl2N3O4S. The van der Waals surface area contributed by atoms with E-state index in [4.69, 9.17) is 33.4 Å². The van der Waals surface area contributed by atoms with Crippen LogP contribution in [0.5, 0.6) is 0 Å². The highest BCUT2D eigenvalue weighted by atomic mass is 35.5. The summed E-state index contributed by atoms with van der Waals surface area (Å²) in [5.41, 5.74) is 0. The molecule has 0 unspecified atom stereocenters. The van der Waals surface area contributed by atoms with Gasteiger partial charge in [-0.1, -0.05) is 37.0 Å². The molecule has 10 heteroatoms. The first-order valence-electron chi connectivity index (χ1n) is 8.58. The van der Waals surface area contributed by atoms with Crippen molar-refractivity contribution in [2.24, 2.45) is 5.92 Å². The van der Waals surface area contributed by atoms with Crippen LogP contribution >= 0.6 is 34.5 Å². The van der Waals surface area contributed by atoms with Gasteiger partial charge in [0.15, 0.2) is 4.47 Å². The zero-order valence-corrected chi connectivity index (χ0v) is 17.6. The highest BCUT2D eigenvalue weighted by Crippen LogP contribution is 2.29. The number of carboxylic acid groups (broad SMARTS) is 2. The minimum atomic E-state index is -1.26. The summed E-state index contributed by atoms with van der Waals surface area (Å²) in [5, 5.41) is 19.6. The van der Waals surface area contributed by atoms with Crippen molar-refractivity contribution < 1.29 is 19.8 Å². The van der Waals surface area contributed by atoms with E-state index < -0.39 is 11.9 Å². The quantitative estimate of drug-likeness (QED) is 0.561. The molecule has 0 spiro atoms. The number of nitrogens with zero attached hydrogens (tertiary/aromatic N) is 2. The topological polar surface area (TPSA) is 103 Å². The third-order valence-corrected chi connectivity index (χ3v) is 5.33. The van der Waals surface area contributed by atoms with Gasteiger partial charge in [0.25, 0.3) is 0 Å². The first-order valence-corrected chi connectivity index (χ1v) is 10.2. The molecule has 1 aliphatic heterocycles. The first-order chi connectivity index (χ1) is 12.7. The van der Waals surface area contributed by atoms with E-state index in [0.717, 1.165) is 31.1 Å². The van der Waals surface area contributed by atoms with Gasteiger partial charge in [-0.3, -0.25) is 4.90 Å². The molecule has 7 nitrogen and oxygen atoms in total. The van der Waals surface area contributed by atoms with Crippen molar-refractivity contribution in [3.8, 4) is 0 Å². The van der Waals surface area contributed by atoms with E-state index in [-0.39, 0.29) is 0 Å². The number of halogens is 2. The van der Waals surface area contributed by atoms with Crippen molar-refractivity contribution in [2.75, 3.05) is 19.6 Å². The molecule has 0 aliphatic carbocycles. The van der Waals surface area contributed by atoms with Crippen LogP contribution in [-0.2, 0) is 16.1 Å². The second kappa shape index (κ2) is 12.3. The van der Waals surface area contributed by atoms with E-state index in [0.29, 0.717) is 33.7 Å². The molecule has 0 bridgehead atoms. The van der Waals surface area contributed by atoms with Crippen LogP contribution in [0.3, 0.4) is 0 Å². The summed E-state index contributed by atoms with van der Waals surface area (Å²) in [5.74, 6) is -1.86. The molecule has 2 heterocycles. The Kier molecular flexibility index (Phi) is 10.9. The van der Waals surface area contributed by atoms with E-state index in [1.807, 2.05) is 0 Å². The van der Waals surface area contributed by atoms with E-state index in [1.165, 1.54) is 24.2 Å². The second-order valence-electron chi connectivity index (χ2n) is 6.50. The van der Waals surface area contributed by atoms with Crippen LogP contribution in [0.1, 0.15) is 31.6 Å². The first kappa shape index (κ1) is 23.8. The average molecular weight is 438 g/mol. The number of carboxylic acids is 2. The maximum Gasteiger partial charge on any atom is 0.328 e. The Hall–Kier alpha value is -1.19. The van der Waals surface area contributed by atoms with Crippen LogP contribution in [0.4, 0.5) is 0 Å². The average Bonchev–Trinajstić information content (AvgIpc) is 2.91. The number of hydrogen-bond acceptors (Lipinski definition) is 6. The van der Waals surface area contributed by atoms with Gasteiger partial charge in [-0.2, -0.15) is 0 Å². The molecule has 0 atom stereocenters. The van der Waals surface area contributed by atoms with Crippen LogP contribution in [0, 0.1) is 5.92 Å². The summed E-state index contributed by atoms with van der Waals surface area (Å²) in [7, 11) is 0. The molecular weight excluding hydrogens is 413 g/mol. The predicted octanol–water partition coefficient (Wildman–Crippen LogP) is 3.37. The van der Waals surface area contributed by atoms with Crippen LogP contribution in [0.15, 0.2) is 12.2 Å². The van der Waals surface area contributed by atoms with Crippen LogP contribution < -0.4 is 5.32 Å². The SMILES string of the molecule is CC(C)CN(Cc1sc(Cl)nc1Cl)C1CCNCC1.O=C(O)/C=C/C(=O)O. The van der Waals surface area contributed by atoms with Gasteiger partial charge in [-0.25, -0.2) is 14.6 Å². The molecule has 1 aromatic rings. The van der Waals surface area contributed by atoms with Crippen molar-refractivity contribution in [1.82, 2.24) is 15.2 Å². The molecule has 152 valence electrons. The minimum absolute atomic E-state index is 0.537. The number of hydrogen-bond donors (Lipinski definition) is 3. The van der Waals surface area contributed by atoms with Gasteiger partial charge in [0.2, 0.25) is 0 Å². The van der Waals surface area contributed by atoms with Crippen molar-refractivity contribution in [2.45, 2.75) is 39.3 Å². The lowest BCUT2D eigenvalue weighted by molar-refractivity contribution is -0.134. The number of thiazole rings is 1. The molecule has 3 N–H and O–H groups in total. The fourth-order valence-electron chi connectivity index (χ4n) is 2.71. The van der Waals surface area contributed by atoms with Crippen molar-refractivity contribution in [3.05, 3.63) is 26.6 Å². The minimum Gasteiger partial charge on any atom is -0.478 e. The third-order valence-electron chi connectivity index (χ3n) is 3.76. The Morgan fingerprint density at radius 3 is 2.22 bits per heavy atom. The Labute approximate surface area is 173 Å². The summed E-state index contributed by atoms with van der Waals surface area (Å²) in [4.78, 5) is 26.8. The predicted molar refractivity (Wildman–Crippen MR) is 108 cm³/mol. The number of piperidine rings is 1. The normalized spacial score (nSPS) is 15.2. The van der Waals surface area contributed by atoms with Crippen molar-refractivity contribution in [1.29, 1.82) is 0 Å². The standard InChI is InChI=1S/C13H21Cl2N3S.C4H4O4/c1-9(2)7-18(10-3-5-16-6-4-10)8-11-12(14)17-13(15)19-11;5-3(6)1-2-4(7)8/h9-10,16H,3-8H2,1-2H3;1-2H,(H,5,6)(H,7,8)/b;2-1+. The lowest BCUT2D eigenvalue weighted by Gasteiger charge is -2.35. The molecule has 0 radical (unpaired) electrons. The van der Waals surface area contributed by atoms with Gasteiger partial charge in [-0.05, 0) is 31.8 Å². The summed E-state index contributed by atoms with van der Waals surface area (Å²) in [6.45, 7) is 8.69. The number of nitrogens with one attached hydrogen (secondary N) is 1. The number of rotatable bonds is 7.